The summed E-state index contributed by atoms with van der Waals surface area (Å²) in [6.07, 6.45) is 5.22. The molecule has 1 aliphatic heterocycles. The SMILES string of the molecule is CCCCCCCCCCC[C@H](CC(=O)ON1C(=O)CCC1=O)OC(=O)[C@H](CC(C)C)NC(=O)[C@@H](CC(C)C)NC(=O)[C@H](CC(=O)OCc1ccccc1)NC(=O)[C@@H](NC(=O)[C@@H](CC(C)C)NC(=O)[C@H](CC(C)C)NC(=O)[C@H](CCC(=O)OCc1ccccc1)NC(=O)OC(C)(C)C)C(C)C. The van der Waals surface area contributed by atoms with Gasteiger partial charge in [-0.1, -0.05) is 188 Å². The quantitative estimate of drug-likeness (QED) is 0.0140. The van der Waals surface area contributed by atoms with Crippen LogP contribution in [0, 0.1) is 29.6 Å². The Morgan fingerprint density at radius 2 is 0.851 bits per heavy atom. The van der Waals surface area contributed by atoms with Crippen molar-refractivity contribution in [1.29, 1.82) is 0 Å². The van der Waals surface area contributed by atoms with E-state index >= 15 is 0 Å². The summed E-state index contributed by atoms with van der Waals surface area (Å²) >= 11 is 0. The van der Waals surface area contributed by atoms with Crippen LogP contribution >= 0.6 is 0 Å². The summed E-state index contributed by atoms with van der Waals surface area (Å²) in [6.45, 7) is 24.5. The van der Waals surface area contributed by atoms with Gasteiger partial charge >= 0.3 is 30.0 Å². The van der Waals surface area contributed by atoms with Gasteiger partial charge in [-0.05, 0) is 106 Å². The summed E-state index contributed by atoms with van der Waals surface area (Å²) < 4.78 is 22.4. The standard InChI is InChI=1S/C75H116N8O18/c1-15-16-17-18-19-20-21-22-29-34-54(43-65(88)101-83-61(84)36-37-62(83)85)99-73(95)60(42-50(8)9)80-69(91)57(40-48(4)5)77-70(92)59(44-64(87)98-46-53-32-27-24-28-33-53)79-72(94)66(51(10)11)82-71(93)58(41-49(6)7)78-68(90)56(39-47(2)3)76-67(89)55(81-74(96)100-75(12,13)14)35-38-63(86)97-45-52-30-25-23-26-31-52/h23-28,30-33,47-51,54-60,66H,15-22,29,34-46H2,1-14H3,(H,76,89)(H,77,92)(H,78,90)(H,79,94)(H,80,91)(H,81,96)(H,82,93)/t54-,55+,56+,57-,58-,59+,60+,66+/m1/s1. The lowest BCUT2D eigenvalue weighted by molar-refractivity contribution is -0.199. The highest BCUT2D eigenvalue weighted by molar-refractivity contribution is 6.02. The molecule has 0 saturated carbocycles. The molecule has 7 N–H and O–H groups in total. The number of nitrogens with zero attached hydrogens (tertiary/aromatic N) is 1. The molecule has 0 aromatic heterocycles. The Balaban J connectivity index is 1.93. The van der Waals surface area contributed by atoms with Gasteiger partial charge in [-0.3, -0.25) is 47.9 Å². The van der Waals surface area contributed by atoms with Crippen LogP contribution in [0.3, 0.4) is 0 Å². The molecule has 101 heavy (non-hydrogen) atoms. The van der Waals surface area contributed by atoms with E-state index in [9.17, 15) is 62.3 Å². The van der Waals surface area contributed by atoms with Crippen LogP contribution in [-0.2, 0) is 94.5 Å². The minimum atomic E-state index is -1.74. The molecule has 2 aromatic carbocycles. The molecular formula is C75H116N8O18. The first-order valence-electron chi connectivity index (χ1n) is 36.1. The second-order valence-electron chi connectivity index (χ2n) is 29.2. The van der Waals surface area contributed by atoms with E-state index in [1.165, 1.54) is 6.42 Å². The Morgan fingerprint density at radius 1 is 0.446 bits per heavy atom. The third-order valence-electron chi connectivity index (χ3n) is 16.2. The smallest absolute Gasteiger partial charge is 0.408 e. The number of imide groups is 1. The third-order valence-corrected chi connectivity index (χ3v) is 16.2. The molecular weight excluding hydrogens is 1300 g/mol. The van der Waals surface area contributed by atoms with E-state index in [-0.39, 0.29) is 94.7 Å². The zero-order chi connectivity index (χ0) is 75.4. The van der Waals surface area contributed by atoms with Gasteiger partial charge in [-0.15, -0.1) is 5.06 Å². The molecule has 9 amide bonds. The van der Waals surface area contributed by atoms with Crippen molar-refractivity contribution in [3.8, 4) is 0 Å². The highest BCUT2D eigenvalue weighted by Crippen LogP contribution is 2.21. The summed E-state index contributed by atoms with van der Waals surface area (Å²) in [5.41, 5.74) is 0.396. The van der Waals surface area contributed by atoms with Crippen LogP contribution in [0.25, 0.3) is 0 Å². The van der Waals surface area contributed by atoms with E-state index in [4.69, 9.17) is 23.8 Å². The molecule has 0 radical (unpaired) electrons. The number of unbranched alkanes of at least 4 members (excludes halogenated alkanes) is 8. The van der Waals surface area contributed by atoms with E-state index in [0.29, 0.717) is 17.0 Å². The van der Waals surface area contributed by atoms with E-state index in [0.717, 1.165) is 50.5 Å². The lowest BCUT2D eigenvalue weighted by Crippen LogP contribution is -2.61. The van der Waals surface area contributed by atoms with E-state index < -0.39 is 150 Å². The Bertz CT molecular complexity index is 2970. The highest BCUT2D eigenvalue weighted by atomic mass is 16.7. The monoisotopic (exact) mass is 1420 g/mol. The number of amides is 9. The van der Waals surface area contributed by atoms with Gasteiger partial charge in [-0.25, -0.2) is 14.4 Å². The molecule has 1 heterocycles. The first-order valence-corrected chi connectivity index (χ1v) is 36.1. The number of hydrogen-bond acceptors (Lipinski definition) is 18. The number of carbonyl (C=O) groups excluding carboxylic acids is 13. The fourth-order valence-electron chi connectivity index (χ4n) is 11.0. The Kier molecular flexibility index (Phi) is 39.0. The van der Waals surface area contributed by atoms with Gasteiger partial charge in [0.25, 0.3) is 11.8 Å². The van der Waals surface area contributed by atoms with Crippen molar-refractivity contribution >= 4 is 77.2 Å². The summed E-state index contributed by atoms with van der Waals surface area (Å²) in [5, 5.41) is 19.2. The maximum Gasteiger partial charge on any atom is 0.408 e. The molecule has 1 aliphatic rings. The van der Waals surface area contributed by atoms with Crippen LogP contribution in [0.2, 0.25) is 0 Å². The van der Waals surface area contributed by atoms with Crippen LogP contribution < -0.4 is 37.2 Å². The number of hydrogen-bond donors (Lipinski definition) is 7. The van der Waals surface area contributed by atoms with Crippen LogP contribution in [0.5, 0.6) is 0 Å². The Labute approximate surface area is 597 Å². The molecule has 26 nitrogen and oxygen atoms in total. The van der Waals surface area contributed by atoms with Gasteiger partial charge < -0.3 is 61.0 Å². The summed E-state index contributed by atoms with van der Waals surface area (Å²) in [7, 11) is 0. The molecule has 26 heteroatoms. The predicted octanol–water partition coefficient (Wildman–Crippen LogP) is 9.12. The average molecular weight is 1420 g/mol. The van der Waals surface area contributed by atoms with Crippen LogP contribution in [0.1, 0.15) is 236 Å². The first kappa shape index (κ1) is 86.8. The average Bonchev–Trinajstić information content (AvgIpc) is 0.942. The first-order chi connectivity index (χ1) is 47.6. The number of alkyl carbamates (subject to hydrolysis) is 1. The molecule has 0 bridgehead atoms. The number of esters is 3. The third kappa shape index (κ3) is 35.6. The number of rotatable bonds is 46. The molecule has 2 aromatic rings. The van der Waals surface area contributed by atoms with Gasteiger partial charge in [0.1, 0.15) is 67.2 Å². The zero-order valence-corrected chi connectivity index (χ0v) is 62.1. The normalized spacial score (nSPS) is 14.7. The van der Waals surface area contributed by atoms with Crippen LogP contribution in [0.4, 0.5) is 4.79 Å². The van der Waals surface area contributed by atoms with Crippen LogP contribution in [-0.4, -0.2) is 136 Å². The van der Waals surface area contributed by atoms with Crippen molar-refractivity contribution in [2.75, 3.05) is 0 Å². The van der Waals surface area contributed by atoms with Crippen molar-refractivity contribution in [3.63, 3.8) is 0 Å². The van der Waals surface area contributed by atoms with Crippen molar-refractivity contribution in [1.82, 2.24) is 42.3 Å². The maximum atomic E-state index is 14.8. The summed E-state index contributed by atoms with van der Waals surface area (Å²) in [6, 6.07) is 7.76. The van der Waals surface area contributed by atoms with Gasteiger partial charge in [0.2, 0.25) is 35.4 Å². The molecule has 1 fully saturated rings. The lowest BCUT2D eigenvalue weighted by atomic mass is 9.98. The lowest BCUT2D eigenvalue weighted by Gasteiger charge is -2.30. The van der Waals surface area contributed by atoms with Crippen molar-refractivity contribution < 1.29 is 86.1 Å². The molecule has 0 unspecified atom stereocenters. The second-order valence-corrected chi connectivity index (χ2v) is 29.2. The van der Waals surface area contributed by atoms with Gasteiger partial charge in [0.15, 0.2) is 0 Å². The largest absolute Gasteiger partial charge is 0.461 e. The number of hydroxylamine groups is 2. The fourth-order valence-corrected chi connectivity index (χ4v) is 11.0. The summed E-state index contributed by atoms with van der Waals surface area (Å²) in [4.78, 5) is 185. The molecule has 3 rings (SSSR count). The van der Waals surface area contributed by atoms with Gasteiger partial charge in [-0.2, -0.15) is 0 Å². The van der Waals surface area contributed by atoms with E-state index in [1.54, 1.807) is 117 Å². The number of benzene rings is 2. The molecule has 0 aliphatic carbocycles. The highest BCUT2D eigenvalue weighted by Gasteiger charge is 2.39. The minimum Gasteiger partial charge on any atom is -0.461 e. The van der Waals surface area contributed by atoms with Crippen molar-refractivity contribution in [3.05, 3.63) is 71.8 Å². The number of carbonyl (C=O) groups is 13. The maximum absolute atomic E-state index is 14.8. The number of nitrogens with one attached hydrogen (secondary N) is 7. The molecule has 8 atom stereocenters. The number of ether oxygens (including phenoxy) is 4. The van der Waals surface area contributed by atoms with E-state index in [1.807, 2.05) is 33.8 Å². The molecule has 564 valence electrons. The van der Waals surface area contributed by atoms with Crippen LogP contribution in [0.15, 0.2) is 60.7 Å². The Morgan fingerprint density at radius 3 is 1.31 bits per heavy atom. The molecule has 0 spiro atoms. The topological polar surface area (TPSA) is 356 Å². The molecule has 1 saturated heterocycles. The van der Waals surface area contributed by atoms with E-state index in [2.05, 4.69) is 44.1 Å². The van der Waals surface area contributed by atoms with Gasteiger partial charge in [0.05, 0.1) is 12.8 Å². The Hall–Kier alpha value is -8.45. The zero-order valence-electron chi connectivity index (χ0n) is 62.1. The van der Waals surface area contributed by atoms with Crippen molar-refractivity contribution in [2.45, 2.75) is 293 Å². The van der Waals surface area contributed by atoms with Crippen molar-refractivity contribution in [2.24, 2.45) is 29.6 Å². The fraction of sp³-hybridized carbons (Fsp3) is 0.667. The van der Waals surface area contributed by atoms with Gasteiger partial charge in [0, 0.05) is 19.3 Å². The second kappa shape index (κ2) is 45.4. The summed E-state index contributed by atoms with van der Waals surface area (Å²) in [5.74, 6) is -11.6. The predicted molar refractivity (Wildman–Crippen MR) is 377 cm³/mol. The minimum absolute atomic E-state index is 0.00788.